The SMILES string of the molecule is Cc1cc(Cl)ccc1OC(C)C(=O)NCCSc1nncn1C. The second-order valence-electron chi connectivity index (χ2n) is 5.03. The van der Waals surface area contributed by atoms with Crippen LogP contribution >= 0.6 is 23.4 Å². The molecule has 0 saturated heterocycles. The standard InChI is InChI=1S/C15H19ClN4O2S/c1-10-8-12(16)4-5-13(10)22-11(2)14(21)17-6-7-23-15-19-18-9-20(15)3/h4-5,8-9,11H,6-7H2,1-3H3,(H,17,21). The first-order valence-electron chi connectivity index (χ1n) is 7.14. The highest BCUT2D eigenvalue weighted by molar-refractivity contribution is 7.99. The van der Waals surface area contributed by atoms with Gasteiger partial charge in [-0.3, -0.25) is 4.79 Å². The fourth-order valence-corrected chi connectivity index (χ4v) is 2.82. The molecule has 1 aromatic carbocycles. The number of thioether (sulfide) groups is 1. The number of benzene rings is 1. The third kappa shape index (κ3) is 5.14. The van der Waals surface area contributed by atoms with Crippen molar-refractivity contribution in [2.75, 3.05) is 12.3 Å². The molecule has 1 N–H and O–H groups in total. The molecule has 0 aliphatic heterocycles. The van der Waals surface area contributed by atoms with Crippen LogP contribution in [0.25, 0.3) is 0 Å². The minimum Gasteiger partial charge on any atom is -0.481 e. The van der Waals surface area contributed by atoms with Gasteiger partial charge in [0.15, 0.2) is 11.3 Å². The van der Waals surface area contributed by atoms with Gasteiger partial charge in [0.25, 0.3) is 5.91 Å². The molecule has 124 valence electrons. The maximum Gasteiger partial charge on any atom is 0.260 e. The summed E-state index contributed by atoms with van der Waals surface area (Å²) in [5, 5.41) is 12.1. The zero-order valence-corrected chi connectivity index (χ0v) is 14.8. The summed E-state index contributed by atoms with van der Waals surface area (Å²) >= 11 is 7.44. The summed E-state index contributed by atoms with van der Waals surface area (Å²) in [5.41, 5.74) is 0.898. The van der Waals surface area contributed by atoms with E-state index >= 15 is 0 Å². The Kier molecular flexibility index (Phi) is 6.29. The Labute approximate surface area is 144 Å². The van der Waals surface area contributed by atoms with E-state index in [0.717, 1.165) is 10.7 Å². The number of nitrogens with zero attached hydrogens (tertiary/aromatic N) is 3. The normalized spacial score (nSPS) is 12.0. The van der Waals surface area contributed by atoms with Crippen molar-refractivity contribution >= 4 is 29.3 Å². The van der Waals surface area contributed by atoms with E-state index < -0.39 is 6.10 Å². The minimum absolute atomic E-state index is 0.155. The lowest BCUT2D eigenvalue weighted by Gasteiger charge is -2.16. The van der Waals surface area contributed by atoms with Crippen molar-refractivity contribution < 1.29 is 9.53 Å². The van der Waals surface area contributed by atoms with E-state index in [0.29, 0.717) is 23.1 Å². The van der Waals surface area contributed by atoms with E-state index in [9.17, 15) is 4.79 Å². The molecule has 1 atom stereocenters. The van der Waals surface area contributed by atoms with Gasteiger partial charge in [-0.05, 0) is 37.6 Å². The smallest absolute Gasteiger partial charge is 0.260 e. The van der Waals surface area contributed by atoms with Gasteiger partial charge < -0.3 is 14.6 Å². The predicted octanol–water partition coefficient (Wildman–Crippen LogP) is 2.45. The van der Waals surface area contributed by atoms with Gasteiger partial charge in [-0.1, -0.05) is 23.4 Å². The summed E-state index contributed by atoms with van der Waals surface area (Å²) in [6, 6.07) is 5.32. The van der Waals surface area contributed by atoms with Gasteiger partial charge in [0.1, 0.15) is 12.1 Å². The van der Waals surface area contributed by atoms with Crippen LogP contribution in [0, 0.1) is 6.92 Å². The van der Waals surface area contributed by atoms with E-state index in [4.69, 9.17) is 16.3 Å². The Hall–Kier alpha value is -1.73. The quantitative estimate of drug-likeness (QED) is 0.611. The monoisotopic (exact) mass is 354 g/mol. The number of carbonyl (C=O) groups excluding carboxylic acids is 1. The van der Waals surface area contributed by atoms with Crippen molar-refractivity contribution in [2.45, 2.75) is 25.1 Å². The van der Waals surface area contributed by atoms with Crippen molar-refractivity contribution in [1.29, 1.82) is 0 Å². The van der Waals surface area contributed by atoms with Crippen molar-refractivity contribution in [3.05, 3.63) is 35.1 Å². The Morgan fingerprint density at radius 2 is 2.30 bits per heavy atom. The van der Waals surface area contributed by atoms with Crippen LogP contribution in [-0.2, 0) is 11.8 Å². The highest BCUT2D eigenvalue weighted by Crippen LogP contribution is 2.22. The fraction of sp³-hybridized carbons (Fsp3) is 0.400. The summed E-state index contributed by atoms with van der Waals surface area (Å²) in [7, 11) is 1.88. The van der Waals surface area contributed by atoms with Crippen LogP contribution in [0.1, 0.15) is 12.5 Å². The average molecular weight is 355 g/mol. The molecule has 0 saturated carbocycles. The zero-order valence-electron chi connectivity index (χ0n) is 13.2. The maximum atomic E-state index is 12.0. The summed E-state index contributed by atoms with van der Waals surface area (Å²) < 4.78 is 7.51. The van der Waals surface area contributed by atoms with Crippen molar-refractivity contribution in [3.8, 4) is 5.75 Å². The molecule has 0 aliphatic rings. The molecule has 1 amide bonds. The third-order valence-electron chi connectivity index (χ3n) is 3.11. The third-order valence-corrected chi connectivity index (χ3v) is 4.38. The number of amides is 1. The first-order valence-corrected chi connectivity index (χ1v) is 8.51. The molecule has 0 aliphatic carbocycles. The van der Waals surface area contributed by atoms with Crippen LogP contribution in [0.5, 0.6) is 5.75 Å². The number of rotatable bonds is 7. The number of hydrogen-bond acceptors (Lipinski definition) is 5. The highest BCUT2D eigenvalue weighted by Gasteiger charge is 2.15. The van der Waals surface area contributed by atoms with Crippen molar-refractivity contribution in [2.24, 2.45) is 7.05 Å². The Morgan fingerprint density at radius 3 is 2.96 bits per heavy atom. The number of hydrogen-bond donors (Lipinski definition) is 1. The van der Waals surface area contributed by atoms with Crippen LogP contribution in [0.4, 0.5) is 0 Å². The molecule has 8 heteroatoms. The van der Waals surface area contributed by atoms with Gasteiger partial charge in [0.05, 0.1) is 0 Å². The molecule has 0 fully saturated rings. The van der Waals surface area contributed by atoms with Gasteiger partial charge in [-0.15, -0.1) is 10.2 Å². The second-order valence-corrected chi connectivity index (χ2v) is 6.53. The summed E-state index contributed by atoms with van der Waals surface area (Å²) in [5.74, 6) is 1.22. The van der Waals surface area contributed by atoms with E-state index in [1.807, 2.05) is 18.5 Å². The van der Waals surface area contributed by atoms with Crippen molar-refractivity contribution in [3.63, 3.8) is 0 Å². The molecule has 1 aromatic heterocycles. The average Bonchev–Trinajstić information content (AvgIpc) is 2.91. The molecule has 6 nitrogen and oxygen atoms in total. The van der Waals surface area contributed by atoms with Gasteiger partial charge in [0, 0.05) is 24.4 Å². The van der Waals surface area contributed by atoms with Crippen LogP contribution in [0.15, 0.2) is 29.7 Å². The molecule has 1 unspecified atom stereocenters. The first kappa shape index (κ1) is 17.6. The first-order chi connectivity index (χ1) is 11.0. The molecule has 2 rings (SSSR count). The van der Waals surface area contributed by atoms with E-state index in [-0.39, 0.29) is 5.91 Å². The Bertz CT molecular complexity index is 677. The molecule has 1 heterocycles. The number of aryl methyl sites for hydroxylation is 2. The van der Waals surface area contributed by atoms with Gasteiger partial charge in [0.2, 0.25) is 0 Å². The van der Waals surface area contributed by atoms with Gasteiger partial charge in [-0.25, -0.2) is 0 Å². The summed E-state index contributed by atoms with van der Waals surface area (Å²) in [4.78, 5) is 12.0. The maximum absolute atomic E-state index is 12.0. The summed E-state index contributed by atoms with van der Waals surface area (Å²) in [6.07, 6.45) is 1.07. The topological polar surface area (TPSA) is 69.0 Å². The van der Waals surface area contributed by atoms with Crippen LogP contribution in [-0.4, -0.2) is 39.1 Å². The van der Waals surface area contributed by atoms with Gasteiger partial charge in [-0.2, -0.15) is 0 Å². The predicted molar refractivity (Wildman–Crippen MR) is 91.0 cm³/mol. The lowest BCUT2D eigenvalue weighted by atomic mass is 10.2. The number of ether oxygens (including phenoxy) is 1. The molecule has 0 bridgehead atoms. The number of nitrogens with one attached hydrogen (secondary N) is 1. The number of aromatic nitrogens is 3. The number of halogens is 1. The molecular formula is C15H19ClN4O2S. The zero-order chi connectivity index (χ0) is 16.8. The second kappa shape index (κ2) is 8.21. The minimum atomic E-state index is -0.574. The van der Waals surface area contributed by atoms with Crippen LogP contribution in [0.3, 0.4) is 0 Å². The Balaban J connectivity index is 1.75. The largest absolute Gasteiger partial charge is 0.481 e. The molecular weight excluding hydrogens is 336 g/mol. The van der Waals surface area contributed by atoms with E-state index in [1.54, 1.807) is 31.5 Å². The molecule has 23 heavy (non-hydrogen) atoms. The van der Waals surface area contributed by atoms with Gasteiger partial charge >= 0.3 is 0 Å². The van der Waals surface area contributed by atoms with Crippen molar-refractivity contribution in [1.82, 2.24) is 20.1 Å². The molecule has 2 aromatic rings. The fourth-order valence-electron chi connectivity index (χ4n) is 1.85. The van der Waals surface area contributed by atoms with E-state index in [1.165, 1.54) is 11.8 Å². The molecule has 0 radical (unpaired) electrons. The number of carbonyl (C=O) groups is 1. The Morgan fingerprint density at radius 1 is 1.52 bits per heavy atom. The van der Waals surface area contributed by atoms with Crippen LogP contribution < -0.4 is 10.1 Å². The lowest BCUT2D eigenvalue weighted by Crippen LogP contribution is -2.37. The highest BCUT2D eigenvalue weighted by atomic mass is 35.5. The van der Waals surface area contributed by atoms with Crippen LogP contribution in [0.2, 0.25) is 5.02 Å². The van der Waals surface area contributed by atoms with E-state index in [2.05, 4.69) is 15.5 Å². The molecule has 0 spiro atoms. The lowest BCUT2D eigenvalue weighted by molar-refractivity contribution is -0.127. The summed E-state index contributed by atoms with van der Waals surface area (Å²) in [6.45, 7) is 4.15.